The highest BCUT2D eigenvalue weighted by Gasteiger charge is 2.28. The van der Waals surface area contributed by atoms with Crippen LogP contribution in [0, 0.1) is 6.92 Å². The van der Waals surface area contributed by atoms with Gasteiger partial charge in [-0.15, -0.1) is 13.2 Å². The van der Waals surface area contributed by atoms with Gasteiger partial charge in [0, 0.05) is 36.6 Å². The van der Waals surface area contributed by atoms with Crippen LogP contribution >= 0.6 is 0 Å². The summed E-state index contributed by atoms with van der Waals surface area (Å²) < 4.78 is 44.2. The van der Waals surface area contributed by atoms with Crippen LogP contribution in [0.15, 0.2) is 30.5 Å². The van der Waals surface area contributed by atoms with Crippen LogP contribution in [0.25, 0.3) is 0 Å². The molecule has 2 aromatic heterocycles. The smallest absolute Gasteiger partial charge is 0.475 e. The predicted molar refractivity (Wildman–Crippen MR) is 96.0 cm³/mol. The van der Waals surface area contributed by atoms with Crippen LogP contribution < -0.4 is 15.4 Å². The van der Waals surface area contributed by atoms with Crippen molar-refractivity contribution in [3.63, 3.8) is 0 Å². The van der Waals surface area contributed by atoms with Gasteiger partial charge in [0.2, 0.25) is 5.88 Å². The Labute approximate surface area is 160 Å². The van der Waals surface area contributed by atoms with Crippen molar-refractivity contribution in [2.45, 2.75) is 26.8 Å². The molecule has 2 N–H and O–H groups in total. The summed E-state index contributed by atoms with van der Waals surface area (Å²) in [5, 5.41) is 5.85. The molecule has 10 heteroatoms. The number of anilines is 1. The number of carbonyl (C=O) groups excluding carboxylic acids is 1. The fourth-order valence-corrected chi connectivity index (χ4v) is 2.26. The molecule has 2 heterocycles. The molecule has 0 radical (unpaired) electrons. The van der Waals surface area contributed by atoms with E-state index in [1.165, 1.54) is 12.3 Å². The molecule has 0 spiro atoms. The van der Waals surface area contributed by atoms with Crippen molar-refractivity contribution in [1.29, 1.82) is 0 Å². The minimum Gasteiger partial charge on any atom is -0.475 e. The molecule has 0 aliphatic carbocycles. The quantitative estimate of drug-likeness (QED) is 0.632. The molecule has 2 aromatic rings. The van der Waals surface area contributed by atoms with E-state index in [-0.39, 0.29) is 24.9 Å². The maximum Gasteiger partial charge on any atom is 0.522 e. The van der Waals surface area contributed by atoms with Crippen molar-refractivity contribution >= 4 is 11.7 Å². The van der Waals surface area contributed by atoms with Gasteiger partial charge in [-0.25, -0.2) is 9.97 Å². The Hall–Kier alpha value is -2.88. The Bertz CT molecular complexity index is 783. The highest BCUT2D eigenvalue weighted by molar-refractivity contribution is 5.94. The van der Waals surface area contributed by atoms with Crippen molar-refractivity contribution in [3.05, 3.63) is 47.3 Å². The molecule has 0 aliphatic heterocycles. The van der Waals surface area contributed by atoms with E-state index in [9.17, 15) is 18.0 Å². The van der Waals surface area contributed by atoms with E-state index in [4.69, 9.17) is 4.74 Å². The fraction of sp³-hybridized carbons (Fsp3) is 0.389. The highest BCUT2D eigenvalue weighted by atomic mass is 19.4. The van der Waals surface area contributed by atoms with Gasteiger partial charge in [0.25, 0.3) is 5.91 Å². The number of aryl methyl sites for hydroxylation is 1. The number of nitrogens with zero attached hydrogens (tertiary/aromatic N) is 2. The third-order valence-corrected chi connectivity index (χ3v) is 3.42. The molecule has 28 heavy (non-hydrogen) atoms. The number of alkyl halides is 3. The number of hydrogen-bond donors (Lipinski definition) is 2. The second-order valence-electron chi connectivity index (χ2n) is 5.74. The molecule has 0 saturated heterocycles. The molecular weight excluding hydrogens is 377 g/mol. The van der Waals surface area contributed by atoms with E-state index in [2.05, 4.69) is 25.3 Å². The topological polar surface area (TPSA) is 85.4 Å². The molecule has 2 rings (SSSR count). The van der Waals surface area contributed by atoms with Gasteiger partial charge in [-0.3, -0.25) is 9.53 Å². The van der Waals surface area contributed by atoms with Crippen molar-refractivity contribution in [3.8, 4) is 5.88 Å². The van der Waals surface area contributed by atoms with E-state index in [0.29, 0.717) is 23.5 Å². The monoisotopic (exact) mass is 398 g/mol. The fourth-order valence-electron chi connectivity index (χ4n) is 2.26. The van der Waals surface area contributed by atoms with Gasteiger partial charge in [0.15, 0.2) is 0 Å². The van der Waals surface area contributed by atoms with Crippen molar-refractivity contribution in [1.82, 2.24) is 15.3 Å². The summed E-state index contributed by atoms with van der Waals surface area (Å²) in [6, 6.07) is 6.53. The maximum absolute atomic E-state index is 12.3. The number of pyridine rings is 2. The first kappa shape index (κ1) is 21.4. The van der Waals surface area contributed by atoms with E-state index >= 15 is 0 Å². The molecular formula is C18H21F3N4O3. The third-order valence-electron chi connectivity index (χ3n) is 3.42. The number of amides is 1. The van der Waals surface area contributed by atoms with Crippen LogP contribution in [-0.4, -0.2) is 42.0 Å². The zero-order chi connectivity index (χ0) is 20.6. The Morgan fingerprint density at radius 3 is 2.64 bits per heavy atom. The predicted octanol–water partition coefficient (Wildman–Crippen LogP) is 3.06. The van der Waals surface area contributed by atoms with E-state index in [1.807, 2.05) is 6.92 Å². The van der Waals surface area contributed by atoms with Gasteiger partial charge >= 0.3 is 6.36 Å². The minimum atomic E-state index is -4.68. The lowest BCUT2D eigenvalue weighted by atomic mass is 10.2. The van der Waals surface area contributed by atoms with Crippen LogP contribution in [-0.2, 0) is 11.3 Å². The summed E-state index contributed by atoms with van der Waals surface area (Å²) in [6.07, 6.45) is -3.21. The summed E-state index contributed by atoms with van der Waals surface area (Å²) >= 11 is 0. The van der Waals surface area contributed by atoms with Crippen molar-refractivity contribution in [2.75, 3.05) is 25.1 Å². The number of rotatable bonds is 9. The second kappa shape index (κ2) is 9.88. The summed E-state index contributed by atoms with van der Waals surface area (Å²) in [5.41, 5.74) is 1.92. The second-order valence-corrected chi connectivity index (χ2v) is 5.74. The number of aromatic nitrogens is 2. The van der Waals surface area contributed by atoms with Gasteiger partial charge in [0.05, 0.1) is 6.61 Å². The van der Waals surface area contributed by atoms with Gasteiger partial charge < -0.3 is 15.4 Å². The van der Waals surface area contributed by atoms with Crippen LogP contribution in [0.2, 0.25) is 0 Å². The van der Waals surface area contributed by atoms with Gasteiger partial charge in [-0.1, -0.05) is 6.07 Å². The molecule has 0 atom stereocenters. The Morgan fingerprint density at radius 1 is 1.21 bits per heavy atom. The number of carbonyl (C=O) groups is 1. The van der Waals surface area contributed by atoms with E-state index in [0.717, 1.165) is 5.69 Å². The first-order valence-electron chi connectivity index (χ1n) is 8.56. The Balaban J connectivity index is 1.83. The minimum absolute atomic E-state index is 0.167. The zero-order valence-electron chi connectivity index (χ0n) is 15.5. The van der Waals surface area contributed by atoms with Crippen LogP contribution in [0.3, 0.4) is 0 Å². The Morgan fingerprint density at radius 2 is 2.00 bits per heavy atom. The van der Waals surface area contributed by atoms with Gasteiger partial charge in [0.1, 0.15) is 12.4 Å². The number of nitrogens with one attached hydrogen (secondary N) is 2. The molecule has 0 aliphatic rings. The first-order chi connectivity index (χ1) is 13.3. The third kappa shape index (κ3) is 7.39. The number of halogens is 3. The molecule has 0 aromatic carbocycles. The molecule has 152 valence electrons. The highest BCUT2D eigenvalue weighted by Crippen LogP contribution is 2.16. The molecule has 0 unspecified atom stereocenters. The molecule has 7 nitrogen and oxygen atoms in total. The zero-order valence-corrected chi connectivity index (χ0v) is 15.5. The molecule has 1 amide bonds. The molecule has 0 saturated carbocycles. The van der Waals surface area contributed by atoms with Gasteiger partial charge in [-0.2, -0.15) is 0 Å². The van der Waals surface area contributed by atoms with Crippen LogP contribution in [0.5, 0.6) is 5.88 Å². The summed E-state index contributed by atoms with van der Waals surface area (Å²) in [5.74, 6) is 0.542. The molecule has 0 fully saturated rings. The lowest BCUT2D eigenvalue weighted by Gasteiger charge is -2.10. The normalized spacial score (nSPS) is 11.2. The summed E-state index contributed by atoms with van der Waals surface area (Å²) in [6.45, 7) is 3.77. The summed E-state index contributed by atoms with van der Waals surface area (Å²) in [4.78, 5) is 20.6. The largest absolute Gasteiger partial charge is 0.522 e. The van der Waals surface area contributed by atoms with Crippen molar-refractivity contribution in [2.24, 2.45) is 0 Å². The lowest BCUT2D eigenvalue weighted by Crippen LogP contribution is -2.23. The lowest BCUT2D eigenvalue weighted by molar-refractivity contribution is -0.325. The van der Waals surface area contributed by atoms with Crippen LogP contribution in [0.1, 0.15) is 28.5 Å². The maximum atomic E-state index is 12.3. The average molecular weight is 398 g/mol. The van der Waals surface area contributed by atoms with E-state index < -0.39 is 13.0 Å². The van der Waals surface area contributed by atoms with Crippen molar-refractivity contribution < 1.29 is 27.4 Å². The van der Waals surface area contributed by atoms with Gasteiger partial charge in [-0.05, 0) is 31.5 Å². The molecule has 0 bridgehead atoms. The SMILES string of the molecule is CCNc1cc(C(=O)NCc2ccc(OCCOC(F)(F)F)nc2)cc(C)n1. The van der Waals surface area contributed by atoms with Crippen LogP contribution in [0.4, 0.5) is 19.0 Å². The summed E-state index contributed by atoms with van der Waals surface area (Å²) in [7, 11) is 0. The standard InChI is InChI=1S/C18H21F3N4O3/c1-3-22-15-9-14(8-12(2)25-15)17(26)24-11-13-4-5-16(23-10-13)27-6-7-28-18(19,20)21/h4-5,8-10H,3,6-7,11H2,1-2H3,(H,22,25)(H,24,26). The average Bonchev–Trinajstić information content (AvgIpc) is 2.63. The Kier molecular flexibility index (Phi) is 7.56. The first-order valence-corrected chi connectivity index (χ1v) is 8.56. The number of hydrogen-bond acceptors (Lipinski definition) is 6. The van der Waals surface area contributed by atoms with E-state index in [1.54, 1.807) is 25.1 Å². The number of ether oxygens (including phenoxy) is 2.